The van der Waals surface area contributed by atoms with Gasteiger partial charge in [0.25, 0.3) is 0 Å². The maximum atomic E-state index is 2.80. The Hall–Kier alpha value is -4.76. The molecule has 0 spiro atoms. The van der Waals surface area contributed by atoms with Crippen molar-refractivity contribution in [2.45, 2.75) is 131 Å². The van der Waals surface area contributed by atoms with Gasteiger partial charge in [-0.3, -0.25) is 0 Å². The quantitative estimate of drug-likeness (QED) is 0.160. The number of rotatable bonds is 2. The minimum Gasteiger partial charge on any atom is -0.334 e. The van der Waals surface area contributed by atoms with Crippen molar-refractivity contribution < 1.29 is 0 Å². The molecule has 0 N–H and O–H groups in total. The predicted molar refractivity (Wildman–Crippen MR) is 251 cm³/mol. The van der Waals surface area contributed by atoms with Crippen LogP contribution < -0.4 is 15.8 Å². The van der Waals surface area contributed by atoms with E-state index in [9.17, 15) is 0 Å². The summed E-state index contributed by atoms with van der Waals surface area (Å²) in [5, 5.41) is 2.80. The molecule has 294 valence electrons. The van der Waals surface area contributed by atoms with Crippen molar-refractivity contribution in [2.75, 3.05) is 4.90 Å². The van der Waals surface area contributed by atoms with Crippen LogP contribution in [0.1, 0.15) is 136 Å². The first-order valence-electron chi connectivity index (χ1n) is 21.8. The van der Waals surface area contributed by atoms with Gasteiger partial charge in [0.2, 0.25) is 6.71 Å². The first kappa shape index (κ1) is 37.5. The molecule has 1 aromatic heterocycles. The first-order chi connectivity index (χ1) is 27.1. The molecule has 2 atom stereocenters. The number of allylic oxidation sites excluding steroid dienone is 2. The summed E-state index contributed by atoms with van der Waals surface area (Å²) in [5.74, 6) is 0.270. The predicted octanol–water partition coefficient (Wildman–Crippen LogP) is 13.0. The summed E-state index contributed by atoms with van der Waals surface area (Å²) in [6.07, 6.45) is 5.09. The van der Waals surface area contributed by atoms with Crippen molar-refractivity contribution in [1.82, 2.24) is 4.57 Å². The van der Waals surface area contributed by atoms with E-state index in [-0.39, 0.29) is 45.7 Å². The summed E-state index contributed by atoms with van der Waals surface area (Å²) >= 11 is 0. The van der Waals surface area contributed by atoms with E-state index in [4.69, 9.17) is 0 Å². The molecule has 1 aliphatic carbocycles. The van der Waals surface area contributed by atoms with E-state index in [1.54, 1.807) is 0 Å². The highest BCUT2D eigenvalue weighted by atomic mass is 15.2. The van der Waals surface area contributed by atoms with E-state index in [0.717, 1.165) is 0 Å². The average molecular weight is 761 g/mol. The molecule has 5 aromatic carbocycles. The topological polar surface area (TPSA) is 8.17 Å². The van der Waals surface area contributed by atoms with Crippen LogP contribution in [0.2, 0.25) is 0 Å². The standard InChI is InChI=1S/C55H61BN2/c1-51(2,3)33-20-26-42-36(28-33)46-38(53(7,8)9)22-24-40-49(46)57(42)44-30-35(55(13,14)32-18-16-15-17-19-32)31-45-48(44)56(40)41-25-23-39(54(10,11)12)47-37-29-34(52(4,5)6)21-27-43(37)58(45)50(41)47/h15-31,46,49H,1-14H3. The van der Waals surface area contributed by atoms with Gasteiger partial charge in [-0.25, -0.2) is 0 Å². The average Bonchev–Trinajstić information content (AvgIpc) is 3.67. The molecule has 0 amide bonds. The summed E-state index contributed by atoms with van der Waals surface area (Å²) in [4.78, 5) is 2.80. The second kappa shape index (κ2) is 11.7. The van der Waals surface area contributed by atoms with Crippen LogP contribution in [0.3, 0.4) is 0 Å². The third kappa shape index (κ3) is 5.10. The Morgan fingerprint density at radius 1 is 0.534 bits per heavy atom. The molecule has 58 heavy (non-hydrogen) atoms. The van der Waals surface area contributed by atoms with Gasteiger partial charge in [0, 0.05) is 44.7 Å². The SMILES string of the molecule is CC(C)(C)C1=CC=C2B3c4c(cc(C(C)(C)c5ccccc5)cc4-n4c5ccc(C(C)(C)C)cc5c5c(C(C)(C)C)ccc3c54)N3c4ccc(C(C)(C)C)cc4C1C23. The van der Waals surface area contributed by atoms with E-state index in [1.807, 2.05) is 0 Å². The normalized spacial score (nSPS) is 18.7. The molecule has 0 radical (unpaired) electrons. The number of anilines is 2. The van der Waals surface area contributed by atoms with Crippen LogP contribution >= 0.6 is 0 Å². The van der Waals surface area contributed by atoms with Gasteiger partial charge < -0.3 is 9.47 Å². The zero-order valence-corrected chi connectivity index (χ0v) is 37.4. The third-order valence-electron chi connectivity index (χ3n) is 14.5. The van der Waals surface area contributed by atoms with Gasteiger partial charge in [-0.15, -0.1) is 0 Å². The Morgan fingerprint density at radius 3 is 1.84 bits per heavy atom. The van der Waals surface area contributed by atoms with E-state index in [2.05, 4.69) is 210 Å². The van der Waals surface area contributed by atoms with Crippen LogP contribution in [-0.4, -0.2) is 17.3 Å². The lowest BCUT2D eigenvalue weighted by atomic mass is 9.31. The minimum absolute atomic E-state index is 0.0195. The van der Waals surface area contributed by atoms with Crippen LogP contribution in [0, 0.1) is 5.41 Å². The maximum Gasteiger partial charge on any atom is 0.247 e. The summed E-state index contributed by atoms with van der Waals surface area (Å²) < 4.78 is 2.69. The van der Waals surface area contributed by atoms with E-state index in [0.29, 0.717) is 0 Å². The third-order valence-corrected chi connectivity index (χ3v) is 14.5. The molecule has 10 rings (SSSR count). The maximum absolute atomic E-state index is 2.80. The Balaban J connectivity index is 1.39. The van der Waals surface area contributed by atoms with Gasteiger partial charge >= 0.3 is 0 Å². The van der Waals surface area contributed by atoms with Crippen LogP contribution in [0.4, 0.5) is 11.4 Å². The number of benzene rings is 5. The van der Waals surface area contributed by atoms with Crippen molar-refractivity contribution in [3.8, 4) is 5.69 Å². The number of hydrogen-bond donors (Lipinski definition) is 0. The van der Waals surface area contributed by atoms with Gasteiger partial charge in [0.05, 0.1) is 11.6 Å². The molecule has 0 saturated heterocycles. The fourth-order valence-corrected chi connectivity index (χ4v) is 11.2. The fraction of sp³-hybridized carbons (Fsp3) is 0.382. The molecule has 0 bridgehead atoms. The summed E-state index contributed by atoms with van der Waals surface area (Å²) in [5.41, 5.74) is 21.0. The highest BCUT2D eigenvalue weighted by molar-refractivity contribution is 6.95. The largest absolute Gasteiger partial charge is 0.334 e. The highest BCUT2D eigenvalue weighted by Crippen LogP contribution is 2.59. The molecular formula is C55H61BN2. The van der Waals surface area contributed by atoms with Crippen molar-refractivity contribution in [3.63, 3.8) is 0 Å². The molecular weight excluding hydrogens is 699 g/mol. The van der Waals surface area contributed by atoms with Gasteiger partial charge in [-0.2, -0.15) is 0 Å². The number of fused-ring (bicyclic) bond motifs is 10. The minimum atomic E-state index is -0.228. The van der Waals surface area contributed by atoms with Crippen molar-refractivity contribution in [1.29, 1.82) is 0 Å². The van der Waals surface area contributed by atoms with Gasteiger partial charge in [0.1, 0.15) is 0 Å². The molecule has 3 aliphatic heterocycles. The smallest absolute Gasteiger partial charge is 0.247 e. The van der Waals surface area contributed by atoms with E-state index >= 15 is 0 Å². The van der Waals surface area contributed by atoms with E-state index in [1.165, 1.54) is 94.2 Å². The molecule has 2 nitrogen and oxygen atoms in total. The summed E-state index contributed by atoms with van der Waals surface area (Å²) in [7, 11) is 0. The lowest BCUT2D eigenvalue weighted by molar-refractivity contribution is 0.450. The van der Waals surface area contributed by atoms with Crippen LogP contribution in [-0.2, 0) is 21.7 Å². The van der Waals surface area contributed by atoms with Gasteiger partial charge in [-0.1, -0.05) is 181 Å². The monoisotopic (exact) mass is 760 g/mol. The number of aromatic nitrogens is 1. The molecule has 4 aliphatic rings. The molecule has 0 fully saturated rings. The second-order valence-electron chi connectivity index (χ2n) is 22.7. The zero-order chi connectivity index (χ0) is 41.2. The fourth-order valence-electron chi connectivity index (χ4n) is 11.2. The van der Waals surface area contributed by atoms with Gasteiger partial charge in [-0.05, 0) is 96.3 Å². The van der Waals surface area contributed by atoms with Crippen molar-refractivity contribution in [3.05, 3.63) is 148 Å². The van der Waals surface area contributed by atoms with Crippen molar-refractivity contribution >= 4 is 50.8 Å². The van der Waals surface area contributed by atoms with Crippen LogP contribution in [0.5, 0.6) is 0 Å². The second-order valence-corrected chi connectivity index (χ2v) is 22.7. The molecule has 2 unspecified atom stereocenters. The Bertz CT molecular complexity index is 2800. The summed E-state index contributed by atoms with van der Waals surface area (Å²) in [6.45, 7) is 33.5. The Kier molecular flexibility index (Phi) is 7.57. The summed E-state index contributed by atoms with van der Waals surface area (Å²) in [6, 6.07) is 36.4. The van der Waals surface area contributed by atoms with E-state index < -0.39 is 0 Å². The molecule has 0 saturated carbocycles. The Morgan fingerprint density at radius 2 is 1.19 bits per heavy atom. The lowest BCUT2D eigenvalue weighted by Crippen LogP contribution is -2.60. The molecule has 4 heterocycles. The first-order valence-corrected chi connectivity index (χ1v) is 21.8. The highest BCUT2D eigenvalue weighted by Gasteiger charge is 2.55. The number of hydrogen-bond acceptors (Lipinski definition) is 1. The molecule has 3 heteroatoms. The molecule has 6 aromatic rings. The Labute approximate surface area is 348 Å². The van der Waals surface area contributed by atoms with Crippen molar-refractivity contribution in [2.24, 2.45) is 5.41 Å². The lowest BCUT2D eigenvalue weighted by Gasteiger charge is -2.47. The zero-order valence-electron chi connectivity index (χ0n) is 37.4. The van der Waals surface area contributed by atoms with Crippen LogP contribution in [0.15, 0.2) is 114 Å². The number of nitrogens with zero attached hydrogens (tertiary/aromatic N) is 2. The van der Waals surface area contributed by atoms with Gasteiger partial charge in [0.15, 0.2) is 0 Å². The van der Waals surface area contributed by atoms with Crippen LogP contribution in [0.25, 0.3) is 27.5 Å².